The number of likely N-dealkylation sites (N-methyl/N-ethyl adjacent to an activating group) is 1. The van der Waals surface area contributed by atoms with E-state index in [2.05, 4.69) is 35.2 Å². The average molecular weight is 317 g/mol. The van der Waals surface area contributed by atoms with Crippen molar-refractivity contribution in [3.63, 3.8) is 0 Å². The van der Waals surface area contributed by atoms with Gasteiger partial charge in [0.2, 0.25) is 5.91 Å². The number of rotatable bonds is 5. The summed E-state index contributed by atoms with van der Waals surface area (Å²) in [6.45, 7) is 10.00. The molecule has 1 aromatic carbocycles. The van der Waals surface area contributed by atoms with Crippen LogP contribution in [-0.4, -0.2) is 48.4 Å². The van der Waals surface area contributed by atoms with Crippen LogP contribution in [0.5, 0.6) is 0 Å². The monoisotopic (exact) mass is 317 g/mol. The molecule has 0 aromatic heterocycles. The van der Waals surface area contributed by atoms with Crippen LogP contribution in [0, 0.1) is 11.3 Å². The number of nitrogens with zero attached hydrogens (tertiary/aromatic N) is 2. The standard InChI is InChI=1S/C19H31N3O/c1-19(2,3)17(20)18(23)21(4)12-16-10-11-22(14-16)13-15-8-6-5-7-9-15/h5-9,16-17H,10-14,20H2,1-4H3/t16?,17-/m1/s1. The summed E-state index contributed by atoms with van der Waals surface area (Å²) in [5, 5.41) is 0. The zero-order valence-corrected chi connectivity index (χ0v) is 15.0. The lowest BCUT2D eigenvalue weighted by molar-refractivity contribution is -0.134. The largest absolute Gasteiger partial charge is 0.344 e. The molecule has 1 amide bonds. The molecule has 1 aromatic rings. The summed E-state index contributed by atoms with van der Waals surface area (Å²) in [5.41, 5.74) is 7.26. The van der Waals surface area contributed by atoms with Gasteiger partial charge in [0.1, 0.15) is 0 Å². The second-order valence-corrected chi connectivity index (χ2v) is 7.94. The van der Waals surface area contributed by atoms with E-state index in [4.69, 9.17) is 5.73 Å². The van der Waals surface area contributed by atoms with Gasteiger partial charge in [-0.05, 0) is 29.9 Å². The normalized spacial score (nSPS) is 20.5. The van der Waals surface area contributed by atoms with Crippen LogP contribution in [0.1, 0.15) is 32.8 Å². The van der Waals surface area contributed by atoms with Crippen molar-refractivity contribution in [1.82, 2.24) is 9.80 Å². The van der Waals surface area contributed by atoms with Gasteiger partial charge >= 0.3 is 0 Å². The number of carbonyl (C=O) groups is 1. The first-order chi connectivity index (χ1) is 10.8. The van der Waals surface area contributed by atoms with Gasteiger partial charge in [-0.15, -0.1) is 0 Å². The van der Waals surface area contributed by atoms with Crippen molar-refractivity contribution in [2.75, 3.05) is 26.7 Å². The molecule has 4 heteroatoms. The van der Waals surface area contributed by atoms with E-state index in [1.54, 1.807) is 0 Å². The molecule has 0 radical (unpaired) electrons. The van der Waals surface area contributed by atoms with Crippen LogP contribution in [0.2, 0.25) is 0 Å². The third-order valence-corrected chi connectivity index (χ3v) is 4.73. The molecule has 4 nitrogen and oxygen atoms in total. The van der Waals surface area contributed by atoms with Crippen LogP contribution in [0.3, 0.4) is 0 Å². The number of carbonyl (C=O) groups excluding carboxylic acids is 1. The Morgan fingerprint density at radius 3 is 2.61 bits per heavy atom. The zero-order chi connectivity index (χ0) is 17.0. The number of amides is 1. The molecule has 2 N–H and O–H groups in total. The zero-order valence-electron chi connectivity index (χ0n) is 15.0. The Bertz CT molecular complexity index is 509. The summed E-state index contributed by atoms with van der Waals surface area (Å²) < 4.78 is 0. The summed E-state index contributed by atoms with van der Waals surface area (Å²) in [7, 11) is 1.88. The average Bonchev–Trinajstić information content (AvgIpc) is 2.92. The van der Waals surface area contributed by atoms with E-state index in [1.165, 1.54) is 5.56 Å². The Kier molecular flexibility index (Phi) is 5.82. The van der Waals surface area contributed by atoms with E-state index in [0.717, 1.165) is 32.6 Å². The Balaban J connectivity index is 1.82. The lowest BCUT2D eigenvalue weighted by Gasteiger charge is -2.31. The lowest BCUT2D eigenvalue weighted by Crippen LogP contribution is -2.50. The van der Waals surface area contributed by atoms with Crippen molar-refractivity contribution < 1.29 is 4.79 Å². The third-order valence-electron chi connectivity index (χ3n) is 4.73. The van der Waals surface area contributed by atoms with E-state index < -0.39 is 6.04 Å². The van der Waals surface area contributed by atoms with Gasteiger partial charge in [-0.2, -0.15) is 0 Å². The maximum Gasteiger partial charge on any atom is 0.239 e. The van der Waals surface area contributed by atoms with Gasteiger partial charge in [0, 0.05) is 26.7 Å². The lowest BCUT2D eigenvalue weighted by atomic mass is 9.86. The number of likely N-dealkylation sites (tertiary alicyclic amines) is 1. The van der Waals surface area contributed by atoms with E-state index in [1.807, 2.05) is 32.7 Å². The summed E-state index contributed by atoms with van der Waals surface area (Å²) in [6, 6.07) is 10.1. The van der Waals surface area contributed by atoms with E-state index in [-0.39, 0.29) is 11.3 Å². The number of hydrogen-bond donors (Lipinski definition) is 1. The summed E-state index contributed by atoms with van der Waals surface area (Å²) in [4.78, 5) is 16.7. The Hall–Kier alpha value is -1.39. The van der Waals surface area contributed by atoms with Crippen LogP contribution < -0.4 is 5.73 Å². The number of hydrogen-bond acceptors (Lipinski definition) is 3. The topological polar surface area (TPSA) is 49.6 Å². The Morgan fingerprint density at radius 2 is 2.00 bits per heavy atom. The second kappa shape index (κ2) is 7.45. The van der Waals surface area contributed by atoms with Crippen molar-refractivity contribution >= 4 is 5.91 Å². The van der Waals surface area contributed by atoms with E-state index in [0.29, 0.717) is 5.92 Å². The molecular formula is C19H31N3O. The summed E-state index contributed by atoms with van der Waals surface area (Å²) in [5.74, 6) is 0.596. The molecular weight excluding hydrogens is 286 g/mol. The molecule has 0 spiro atoms. The molecule has 1 unspecified atom stereocenters. The molecule has 1 saturated heterocycles. The minimum atomic E-state index is -0.436. The second-order valence-electron chi connectivity index (χ2n) is 7.94. The quantitative estimate of drug-likeness (QED) is 0.907. The van der Waals surface area contributed by atoms with Crippen LogP contribution >= 0.6 is 0 Å². The van der Waals surface area contributed by atoms with Gasteiger partial charge in [0.25, 0.3) is 0 Å². The SMILES string of the molecule is CN(CC1CCN(Cc2ccccc2)C1)C(=O)[C@@H](N)C(C)(C)C. The molecule has 1 aliphatic heterocycles. The fourth-order valence-corrected chi connectivity index (χ4v) is 3.13. The van der Waals surface area contributed by atoms with Crippen molar-refractivity contribution in [3.8, 4) is 0 Å². The smallest absolute Gasteiger partial charge is 0.239 e. The number of nitrogens with two attached hydrogens (primary N) is 1. The van der Waals surface area contributed by atoms with Crippen LogP contribution in [0.25, 0.3) is 0 Å². The molecule has 1 aliphatic rings. The fourth-order valence-electron chi connectivity index (χ4n) is 3.13. The molecule has 1 fully saturated rings. The third kappa shape index (κ3) is 5.05. The van der Waals surface area contributed by atoms with Gasteiger partial charge in [0.05, 0.1) is 6.04 Å². The van der Waals surface area contributed by atoms with Crippen molar-refractivity contribution in [1.29, 1.82) is 0 Å². The molecule has 0 aliphatic carbocycles. The predicted octanol–water partition coefficient (Wildman–Crippen LogP) is 2.34. The maximum absolute atomic E-state index is 12.4. The first kappa shape index (κ1) is 18.0. The molecule has 2 rings (SSSR count). The van der Waals surface area contributed by atoms with E-state index >= 15 is 0 Å². The minimum absolute atomic E-state index is 0.0546. The van der Waals surface area contributed by atoms with Gasteiger partial charge in [0.15, 0.2) is 0 Å². The van der Waals surface area contributed by atoms with Gasteiger partial charge in [-0.3, -0.25) is 9.69 Å². The van der Waals surface area contributed by atoms with Crippen LogP contribution in [0.4, 0.5) is 0 Å². The van der Waals surface area contributed by atoms with Crippen LogP contribution in [0.15, 0.2) is 30.3 Å². The molecule has 1 heterocycles. The number of benzene rings is 1. The Labute approximate surface area is 140 Å². The maximum atomic E-state index is 12.4. The highest BCUT2D eigenvalue weighted by Gasteiger charge is 2.31. The summed E-state index contributed by atoms with van der Waals surface area (Å²) in [6.07, 6.45) is 1.15. The van der Waals surface area contributed by atoms with Crippen LogP contribution in [-0.2, 0) is 11.3 Å². The van der Waals surface area contributed by atoms with Gasteiger partial charge in [-0.25, -0.2) is 0 Å². The van der Waals surface area contributed by atoms with Crippen molar-refractivity contribution in [3.05, 3.63) is 35.9 Å². The first-order valence-electron chi connectivity index (χ1n) is 8.54. The molecule has 128 valence electrons. The molecule has 0 saturated carbocycles. The summed E-state index contributed by atoms with van der Waals surface area (Å²) >= 11 is 0. The highest BCUT2D eigenvalue weighted by atomic mass is 16.2. The first-order valence-corrected chi connectivity index (χ1v) is 8.54. The molecule has 23 heavy (non-hydrogen) atoms. The van der Waals surface area contributed by atoms with E-state index in [9.17, 15) is 4.79 Å². The highest BCUT2D eigenvalue weighted by molar-refractivity contribution is 5.82. The van der Waals surface area contributed by atoms with Gasteiger partial charge < -0.3 is 10.6 Å². The fraction of sp³-hybridized carbons (Fsp3) is 0.632. The molecule has 0 bridgehead atoms. The molecule has 2 atom stereocenters. The Morgan fingerprint density at radius 1 is 1.35 bits per heavy atom. The minimum Gasteiger partial charge on any atom is -0.344 e. The van der Waals surface area contributed by atoms with Crippen molar-refractivity contribution in [2.24, 2.45) is 17.1 Å². The van der Waals surface area contributed by atoms with Gasteiger partial charge in [-0.1, -0.05) is 51.1 Å². The highest BCUT2D eigenvalue weighted by Crippen LogP contribution is 2.22. The van der Waals surface area contributed by atoms with Crippen molar-refractivity contribution in [2.45, 2.75) is 39.8 Å². The predicted molar refractivity (Wildman–Crippen MR) is 94.9 cm³/mol.